The monoisotopic (exact) mass is 392 g/mol. The Hall–Kier alpha value is -1.28. The van der Waals surface area contributed by atoms with E-state index >= 15 is 0 Å². The van der Waals surface area contributed by atoms with Crippen LogP contribution in [0, 0.1) is 0 Å². The minimum Gasteiger partial charge on any atom is -0.427 e. The van der Waals surface area contributed by atoms with Crippen LogP contribution in [-0.4, -0.2) is 5.97 Å². The first kappa shape index (κ1) is 23.8. The maximum absolute atomic E-state index is 11.8. The van der Waals surface area contributed by atoms with Crippen molar-refractivity contribution in [1.82, 2.24) is 0 Å². The molecule has 0 aromatic heterocycles. The molecule has 0 N–H and O–H groups in total. The lowest BCUT2D eigenvalue weighted by Gasteiger charge is -2.04. The van der Waals surface area contributed by atoms with Gasteiger partial charge in [-0.2, -0.15) is 0 Å². The summed E-state index contributed by atoms with van der Waals surface area (Å²) in [7, 11) is 0. The first-order valence-corrected chi connectivity index (χ1v) is 11.2. The Morgan fingerprint density at radius 3 is 1.93 bits per heavy atom. The van der Waals surface area contributed by atoms with Crippen molar-refractivity contribution < 1.29 is 9.53 Å². The summed E-state index contributed by atoms with van der Waals surface area (Å²) in [6.07, 6.45) is 21.5. The van der Waals surface area contributed by atoms with E-state index in [1.54, 1.807) is 24.3 Å². The van der Waals surface area contributed by atoms with Gasteiger partial charge in [0.2, 0.25) is 0 Å². The number of halogens is 1. The van der Waals surface area contributed by atoms with Crippen LogP contribution in [0.1, 0.15) is 96.8 Å². The van der Waals surface area contributed by atoms with Crippen LogP contribution in [0.15, 0.2) is 36.4 Å². The van der Waals surface area contributed by atoms with E-state index in [0.29, 0.717) is 17.2 Å². The van der Waals surface area contributed by atoms with Gasteiger partial charge in [0.15, 0.2) is 0 Å². The van der Waals surface area contributed by atoms with Gasteiger partial charge >= 0.3 is 5.97 Å². The van der Waals surface area contributed by atoms with Gasteiger partial charge in [-0.25, -0.2) is 0 Å². The first-order chi connectivity index (χ1) is 13.2. The average molecular weight is 393 g/mol. The van der Waals surface area contributed by atoms with Crippen LogP contribution in [-0.2, 0) is 4.79 Å². The van der Waals surface area contributed by atoms with E-state index in [-0.39, 0.29) is 5.97 Å². The number of benzene rings is 1. The Balaban J connectivity index is 1.86. The van der Waals surface area contributed by atoms with Crippen molar-refractivity contribution in [2.75, 3.05) is 0 Å². The molecule has 0 fully saturated rings. The van der Waals surface area contributed by atoms with Crippen molar-refractivity contribution in [3.63, 3.8) is 0 Å². The van der Waals surface area contributed by atoms with Crippen LogP contribution in [0.2, 0.25) is 5.02 Å². The summed E-state index contributed by atoms with van der Waals surface area (Å²) in [5, 5.41) is 0.645. The quantitative estimate of drug-likeness (QED) is 0.122. The normalized spacial score (nSPS) is 11.2. The number of carbonyl (C=O) groups is 1. The van der Waals surface area contributed by atoms with E-state index in [0.717, 1.165) is 12.8 Å². The minimum absolute atomic E-state index is 0.157. The number of allylic oxidation sites excluding steroid dienone is 2. The molecule has 0 saturated heterocycles. The number of unbranched alkanes of at least 4 members (excludes halogenated alkanes) is 11. The van der Waals surface area contributed by atoms with Crippen LogP contribution in [0.4, 0.5) is 0 Å². The van der Waals surface area contributed by atoms with Gasteiger partial charge in [0.25, 0.3) is 0 Å². The highest BCUT2D eigenvalue weighted by molar-refractivity contribution is 6.30. The summed E-state index contributed by atoms with van der Waals surface area (Å²) in [4.78, 5) is 11.8. The standard InChI is InChI=1S/C24H37ClO2/c1-2-3-4-5-6-7-8-9-10-11-12-13-14-15-16-17-24(26)27-23-20-18-22(25)19-21-23/h9-10,18-21H,2-8,11-17H2,1H3/b10-9-. The number of carbonyl (C=O) groups excluding carboxylic acids is 1. The highest BCUT2D eigenvalue weighted by Gasteiger charge is 2.04. The third kappa shape index (κ3) is 14.4. The molecule has 0 radical (unpaired) electrons. The van der Waals surface area contributed by atoms with Gasteiger partial charge in [-0.05, 0) is 56.4 Å². The van der Waals surface area contributed by atoms with Gasteiger partial charge in [0.05, 0.1) is 0 Å². The molecule has 0 aliphatic rings. The van der Waals surface area contributed by atoms with E-state index < -0.39 is 0 Å². The van der Waals surface area contributed by atoms with Gasteiger partial charge in [-0.1, -0.05) is 82.0 Å². The third-order valence-corrected chi connectivity index (χ3v) is 4.94. The number of esters is 1. The Labute approximate surface area is 171 Å². The minimum atomic E-state index is -0.157. The molecule has 27 heavy (non-hydrogen) atoms. The second-order valence-electron chi connectivity index (χ2n) is 7.26. The molecule has 0 saturated carbocycles. The molecule has 0 spiro atoms. The predicted octanol–water partition coefficient (Wildman–Crippen LogP) is 8.28. The van der Waals surface area contributed by atoms with E-state index in [2.05, 4.69) is 19.1 Å². The van der Waals surface area contributed by atoms with Gasteiger partial charge in [0, 0.05) is 11.4 Å². The molecule has 0 aliphatic heterocycles. The lowest BCUT2D eigenvalue weighted by Crippen LogP contribution is -2.07. The van der Waals surface area contributed by atoms with Gasteiger partial charge < -0.3 is 4.74 Å². The number of ether oxygens (including phenoxy) is 1. The van der Waals surface area contributed by atoms with Crippen molar-refractivity contribution in [3.05, 3.63) is 41.4 Å². The van der Waals surface area contributed by atoms with Crippen molar-refractivity contribution in [1.29, 1.82) is 0 Å². The molecule has 0 bridgehead atoms. The molecule has 0 heterocycles. The topological polar surface area (TPSA) is 26.3 Å². The Bertz CT molecular complexity index is 508. The van der Waals surface area contributed by atoms with Crippen molar-refractivity contribution in [2.45, 2.75) is 96.8 Å². The van der Waals surface area contributed by atoms with E-state index in [4.69, 9.17) is 16.3 Å². The van der Waals surface area contributed by atoms with E-state index in [1.165, 1.54) is 70.6 Å². The van der Waals surface area contributed by atoms with E-state index in [9.17, 15) is 4.79 Å². The van der Waals surface area contributed by atoms with Crippen LogP contribution < -0.4 is 4.74 Å². The first-order valence-electron chi connectivity index (χ1n) is 10.8. The molecular weight excluding hydrogens is 356 g/mol. The molecule has 1 aromatic carbocycles. The lowest BCUT2D eigenvalue weighted by molar-refractivity contribution is -0.134. The average Bonchev–Trinajstić information content (AvgIpc) is 2.66. The second kappa shape index (κ2) is 16.9. The maximum atomic E-state index is 11.8. The fourth-order valence-electron chi connectivity index (χ4n) is 3.03. The molecule has 152 valence electrons. The van der Waals surface area contributed by atoms with Crippen molar-refractivity contribution in [3.8, 4) is 5.75 Å². The summed E-state index contributed by atoms with van der Waals surface area (Å²) < 4.78 is 5.28. The van der Waals surface area contributed by atoms with Gasteiger partial charge in [-0.15, -0.1) is 0 Å². The SMILES string of the molecule is CCCCCCCC/C=C\CCCCCCCC(=O)Oc1ccc(Cl)cc1. The third-order valence-electron chi connectivity index (χ3n) is 4.69. The Morgan fingerprint density at radius 2 is 1.33 bits per heavy atom. The van der Waals surface area contributed by atoms with E-state index in [1.807, 2.05) is 0 Å². The van der Waals surface area contributed by atoms with Gasteiger partial charge in [0.1, 0.15) is 5.75 Å². The molecule has 0 amide bonds. The molecule has 0 unspecified atom stereocenters. The zero-order valence-corrected chi connectivity index (χ0v) is 17.8. The smallest absolute Gasteiger partial charge is 0.311 e. The highest BCUT2D eigenvalue weighted by Crippen LogP contribution is 2.16. The van der Waals surface area contributed by atoms with Crippen molar-refractivity contribution >= 4 is 17.6 Å². The fraction of sp³-hybridized carbons (Fsp3) is 0.625. The highest BCUT2D eigenvalue weighted by atomic mass is 35.5. The summed E-state index contributed by atoms with van der Waals surface area (Å²) in [5.41, 5.74) is 0. The summed E-state index contributed by atoms with van der Waals surface area (Å²) >= 11 is 5.81. The summed E-state index contributed by atoms with van der Waals surface area (Å²) in [5.74, 6) is 0.409. The number of rotatable bonds is 16. The zero-order valence-electron chi connectivity index (χ0n) is 17.1. The largest absolute Gasteiger partial charge is 0.427 e. The predicted molar refractivity (Wildman–Crippen MR) is 117 cm³/mol. The Kier molecular flexibility index (Phi) is 14.8. The summed E-state index contributed by atoms with van der Waals surface area (Å²) in [6.45, 7) is 2.26. The lowest BCUT2D eigenvalue weighted by atomic mass is 10.1. The molecule has 1 rings (SSSR count). The molecule has 3 heteroatoms. The molecular formula is C24H37ClO2. The Morgan fingerprint density at radius 1 is 0.815 bits per heavy atom. The zero-order chi connectivity index (χ0) is 19.6. The molecule has 0 aliphatic carbocycles. The van der Waals surface area contributed by atoms with Crippen molar-refractivity contribution in [2.24, 2.45) is 0 Å². The van der Waals surface area contributed by atoms with Crippen LogP contribution in [0.25, 0.3) is 0 Å². The molecule has 2 nitrogen and oxygen atoms in total. The maximum Gasteiger partial charge on any atom is 0.311 e. The van der Waals surface area contributed by atoms with Gasteiger partial charge in [-0.3, -0.25) is 4.79 Å². The fourth-order valence-corrected chi connectivity index (χ4v) is 3.15. The molecule has 1 aromatic rings. The molecule has 0 atom stereocenters. The van der Waals surface area contributed by atoms with Crippen LogP contribution >= 0.6 is 11.6 Å². The second-order valence-corrected chi connectivity index (χ2v) is 7.70. The van der Waals surface area contributed by atoms with Crippen LogP contribution in [0.3, 0.4) is 0 Å². The number of hydrogen-bond donors (Lipinski definition) is 0. The summed E-state index contributed by atoms with van der Waals surface area (Å²) in [6, 6.07) is 6.90. The number of hydrogen-bond acceptors (Lipinski definition) is 2. The van der Waals surface area contributed by atoms with Crippen LogP contribution in [0.5, 0.6) is 5.75 Å².